The molecule has 0 aliphatic rings. The normalized spacial score (nSPS) is 10.2. The number of methoxy groups -OCH3 is 1. The highest BCUT2D eigenvalue weighted by molar-refractivity contribution is 6.30. The van der Waals surface area contributed by atoms with E-state index in [1.54, 1.807) is 31.4 Å². The second-order valence-corrected chi connectivity index (χ2v) is 4.17. The van der Waals surface area contributed by atoms with Crippen LogP contribution < -0.4 is 15.8 Å². The first kappa shape index (κ1) is 12.5. The van der Waals surface area contributed by atoms with Gasteiger partial charge in [0.05, 0.1) is 18.5 Å². The van der Waals surface area contributed by atoms with Crippen molar-refractivity contribution in [2.75, 3.05) is 18.2 Å². The van der Waals surface area contributed by atoms with Crippen LogP contribution in [0, 0.1) is 5.82 Å². The Bertz CT molecular complexity index is 555. The summed E-state index contributed by atoms with van der Waals surface area (Å²) >= 11 is 5.78. The minimum Gasteiger partial charge on any atom is -0.497 e. The van der Waals surface area contributed by atoms with Crippen molar-refractivity contribution in [1.82, 2.24) is 0 Å². The van der Waals surface area contributed by atoms with E-state index in [4.69, 9.17) is 22.1 Å². The predicted octanol–water partition coefficient (Wildman–Crippen LogP) is 3.81. The van der Waals surface area contributed by atoms with Gasteiger partial charge >= 0.3 is 0 Å². The highest BCUT2D eigenvalue weighted by Gasteiger charge is 2.04. The van der Waals surface area contributed by atoms with E-state index in [0.29, 0.717) is 27.8 Å². The molecule has 0 aliphatic carbocycles. The lowest BCUT2D eigenvalue weighted by Crippen LogP contribution is -1.97. The van der Waals surface area contributed by atoms with Gasteiger partial charge in [0.1, 0.15) is 11.6 Å². The topological polar surface area (TPSA) is 47.3 Å². The van der Waals surface area contributed by atoms with Crippen molar-refractivity contribution < 1.29 is 9.13 Å². The quantitative estimate of drug-likeness (QED) is 0.831. The molecule has 0 spiro atoms. The van der Waals surface area contributed by atoms with Crippen LogP contribution in [0.3, 0.4) is 0 Å². The number of nitrogens with one attached hydrogen (secondary N) is 1. The average Bonchev–Trinajstić information content (AvgIpc) is 2.30. The van der Waals surface area contributed by atoms with Gasteiger partial charge in [-0.3, -0.25) is 0 Å². The standard InChI is InChI=1S/C13H12ClFN2O/c1-18-11-2-3-12(16)13(7-11)17-10-5-8(14)4-9(15)6-10/h2-7,17H,16H2,1H3. The predicted molar refractivity (Wildman–Crippen MR) is 72.1 cm³/mol. The maximum absolute atomic E-state index is 13.2. The fourth-order valence-electron chi connectivity index (χ4n) is 1.55. The van der Waals surface area contributed by atoms with E-state index in [0.717, 1.165) is 0 Å². The van der Waals surface area contributed by atoms with Gasteiger partial charge in [0.2, 0.25) is 0 Å². The molecule has 0 unspecified atom stereocenters. The summed E-state index contributed by atoms with van der Waals surface area (Å²) in [6, 6.07) is 9.38. The van der Waals surface area contributed by atoms with Crippen LogP contribution in [0.5, 0.6) is 5.75 Å². The van der Waals surface area contributed by atoms with E-state index < -0.39 is 5.82 Å². The van der Waals surface area contributed by atoms with Crippen LogP contribution in [-0.4, -0.2) is 7.11 Å². The van der Waals surface area contributed by atoms with Gasteiger partial charge in [0.15, 0.2) is 0 Å². The Balaban J connectivity index is 2.33. The van der Waals surface area contributed by atoms with E-state index in [1.165, 1.54) is 12.1 Å². The van der Waals surface area contributed by atoms with Crippen LogP contribution in [0.25, 0.3) is 0 Å². The van der Waals surface area contributed by atoms with E-state index in [-0.39, 0.29) is 0 Å². The highest BCUT2D eigenvalue weighted by Crippen LogP contribution is 2.29. The molecule has 2 aromatic rings. The fraction of sp³-hybridized carbons (Fsp3) is 0.0769. The summed E-state index contributed by atoms with van der Waals surface area (Å²) in [5, 5.41) is 3.32. The van der Waals surface area contributed by atoms with Crippen LogP contribution in [0.2, 0.25) is 5.02 Å². The third kappa shape index (κ3) is 2.84. The van der Waals surface area contributed by atoms with Gasteiger partial charge in [-0.15, -0.1) is 0 Å². The number of nitrogens with two attached hydrogens (primary N) is 1. The molecule has 5 heteroatoms. The molecule has 94 valence electrons. The summed E-state index contributed by atoms with van der Waals surface area (Å²) < 4.78 is 18.3. The molecular formula is C13H12ClFN2O. The molecule has 2 rings (SSSR count). The summed E-state index contributed by atoms with van der Waals surface area (Å²) in [4.78, 5) is 0. The molecule has 2 aromatic carbocycles. The molecular weight excluding hydrogens is 255 g/mol. The van der Waals surface area contributed by atoms with E-state index >= 15 is 0 Å². The molecule has 0 amide bonds. The molecule has 0 radical (unpaired) electrons. The second kappa shape index (κ2) is 5.14. The number of halogens is 2. The van der Waals surface area contributed by atoms with Gasteiger partial charge < -0.3 is 15.8 Å². The van der Waals surface area contributed by atoms with Crippen LogP contribution in [0.15, 0.2) is 36.4 Å². The third-order valence-electron chi connectivity index (χ3n) is 2.40. The maximum Gasteiger partial charge on any atom is 0.126 e. The minimum atomic E-state index is -0.411. The molecule has 3 nitrogen and oxygen atoms in total. The first-order valence-electron chi connectivity index (χ1n) is 5.25. The molecule has 0 heterocycles. The fourth-order valence-corrected chi connectivity index (χ4v) is 1.77. The Kier molecular flexibility index (Phi) is 3.58. The Morgan fingerprint density at radius 3 is 2.67 bits per heavy atom. The Morgan fingerprint density at radius 2 is 2.00 bits per heavy atom. The van der Waals surface area contributed by atoms with Gasteiger partial charge in [-0.05, 0) is 30.3 Å². The molecule has 3 N–H and O–H groups in total. The second-order valence-electron chi connectivity index (χ2n) is 3.74. The number of anilines is 3. The summed E-state index contributed by atoms with van der Waals surface area (Å²) in [5.41, 5.74) is 7.52. The molecule has 0 atom stereocenters. The number of nitrogen functional groups attached to an aromatic ring is 1. The number of hydrogen-bond acceptors (Lipinski definition) is 3. The maximum atomic E-state index is 13.2. The van der Waals surface area contributed by atoms with Gasteiger partial charge in [0.25, 0.3) is 0 Å². The van der Waals surface area contributed by atoms with Crippen LogP contribution in [0.1, 0.15) is 0 Å². The number of rotatable bonds is 3. The first-order chi connectivity index (χ1) is 8.58. The summed E-state index contributed by atoms with van der Waals surface area (Å²) in [6.07, 6.45) is 0. The van der Waals surface area contributed by atoms with Gasteiger partial charge in [0, 0.05) is 16.8 Å². The summed E-state index contributed by atoms with van der Waals surface area (Å²) in [5.74, 6) is 0.251. The zero-order valence-corrected chi connectivity index (χ0v) is 10.5. The van der Waals surface area contributed by atoms with Gasteiger partial charge in [-0.2, -0.15) is 0 Å². The van der Waals surface area contributed by atoms with Crippen molar-refractivity contribution in [1.29, 1.82) is 0 Å². The Labute approximate surface area is 109 Å². The lowest BCUT2D eigenvalue weighted by molar-refractivity contribution is 0.415. The zero-order valence-electron chi connectivity index (χ0n) is 9.71. The lowest BCUT2D eigenvalue weighted by atomic mass is 10.2. The number of ether oxygens (including phenoxy) is 1. The molecule has 0 saturated heterocycles. The molecule has 0 bridgehead atoms. The molecule has 0 aromatic heterocycles. The summed E-state index contributed by atoms with van der Waals surface area (Å²) in [6.45, 7) is 0. The summed E-state index contributed by atoms with van der Waals surface area (Å²) in [7, 11) is 1.56. The van der Waals surface area contributed by atoms with Crippen molar-refractivity contribution >= 4 is 28.7 Å². The molecule has 0 aliphatic heterocycles. The van der Waals surface area contributed by atoms with Crippen LogP contribution >= 0.6 is 11.6 Å². The minimum absolute atomic E-state index is 0.318. The van der Waals surface area contributed by atoms with Crippen LogP contribution in [0.4, 0.5) is 21.5 Å². The largest absolute Gasteiger partial charge is 0.497 e. The van der Waals surface area contributed by atoms with E-state index in [2.05, 4.69) is 5.32 Å². The van der Waals surface area contributed by atoms with Crippen molar-refractivity contribution in [2.45, 2.75) is 0 Å². The zero-order chi connectivity index (χ0) is 13.1. The SMILES string of the molecule is COc1ccc(N)c(Nc2cc(F)cc(Cl)c2)c1. The number of hydrogen-bond donors (Lipinski definition) is 2. The smallest absolute Gasteiger partial charge is 0.126 e. The average molecular weight is 267 g/mol. The van der Waals surface area contributed by atoms with Gasteiger partial charge in [-0.25, -0.2) is 4.39 Å². The van der Waals surface area contributed by atoms with Crippen molar-refractivity contribution in [2.24, 2.45) is 0 Å². The van der Waals surface area contributed by atoms with Gasteiger partial charge in [-0.1, -0.05) is 11.6 Å². The van der Waals surface area contributed by atoms with E-state index in [9.17, 15) is 4.39 Å². The Morgan fingerprint density at radius 1 is 1.22 bits per heavy atom. The third-order valence-corrected chi connectivity index (χ3v) is 2.62. The van der Waals surface area contributed by atoms with Crippen molar-refractivity contribution in [3.63, 3.8) is 0 Å². The molecule has 18 heavy (non-hydrogen) atoms. The van der Waals surface area contributed by atoms with E-state index in [1.807, 2.05) is 0 Å². The first-order valence-corrected chi connectivity index (χ1v) is 5.63. The van der Waals surface area contributed by atoms with Crippen molar-refractivity contribution in [3.05, 3.63) is 47.2 Å². The van der Waals surface area contributed by atoms with Crippen molar-refractivity contribution in [3.8, 4) is 5.75 Å². The highest BCUT2D eigenvalue weighted by atomic mass is 35.5. The number of benzene rings is 2. The Hall–Kier alpha value is -1.94. The lowest BCUT2D eigenvalue weighted by Gasteiger charge is -2.11. The molecule has 0 saturated carbocycles. The van der Waals surface area contributed by atoms with Crippen LogP contribution in [-0.2, 0) is 0 Å². The monoisotopic (exact) mass is 266 g/mol. The molecule has 0 fully saturated rings.